The third-order valence-electron chi connectivity index (χ3n) is 6.30. The number of carbonyl (C=O) groups excluding carboxylic acids is 1. The normalized spacial score (nSPS) is 19.5. The highest BCUT2D eigenvalue weighted by Crippen LogP contribution is 2.44. The van der Waals surface area contributed by atoms with Crippen molar-refractivity contribution in [3.63, 3.8) is 0 Å². The monoisotopic (exact) mass is 570 g/mol. The van der Waals surface area contributed by atoms with Crippen LogP contribution >= 0.6 is 0 Å². The van der Waals surface area contributed by atoms with Gasteiger partial charge in [-0.25, -0.2) is 0 Å². The van der Waals surface area contributed by atoms with Crippen LogP contribution in [0, 0.1) is 5.92 Å². The smallest absolute Gasteiger partial charge is 0.416 e. The Morgan fingerprint density at radius 3 is 1.90 bits per heavy atom. The van der Waals surface area contributed by atoms with Crippen LogP contribution in [0.15, 0.2) is 36.4 Å². The van der Waals surface area contributed by atoms with Crippen molar-refractivity contribution in [2.45, 2.75) is 76.4 Å². The molecule has 1 saturated carbocycles. The van der Waals surface area contributed by atoms with Gasteiger partial charge < -0.3 is 15.4 Å². The molecule has 216 valence electrons. The predicted octanol–water partition coefficient (Wildman–Crippen LogP) is 7.74. The number of nitrogens with one attached hydrogen (secondary N) is 2. The fourth-order valence-electron chi connectivity index (χ4n) is 4.27. The summed E-state index contributed by atoms with van der Waals surface area (Å²) in [6, 6.07) is 3.80. The molecule has 0 spiro atoms. The van der Waals surface area contributed by atoms with E-state index in [-0.39, 0.29) is 35.9 Å². The molecule has 2 aromatic rings. The minimum Gasteiger partial charge on any atom is -0.465 e. The fourth-order valence-corrected chi connectivity index (χ4v) is 4.27. The second-order valence-electron chi connectivity index (χ2n) is 9.75. The number of fused-ring (bicyclic) bond motifs is 1. The molecule has 0 aromatic heterocycles. The van der Waals surface area contributed by atoms with Crippen molar-refractivity contribution >= 4 is 12.2 Å². The highest BCUT2D eigenvalue weighted by Gasteiger charge is 2.40. The SMILES string of the molecule is CC(C)OC=O.FC(F)(F)c1cc(CN[C@H]2C[C@@H](C3CC3)Nc3ccc(C(F)(F)F)cc32)cc(C(F)(F)F)c1. The first-order valence-electron chi connectivity index (χ1n) is 12.1. The van der Waals surface area contributed by atoms with Gasteiger partial charge in [0.2, 0.25) is 0 Å². The highest BCUT2D eigenvalue weighted by molar-refractivity contribution is 5.57. The van der Waals surface area contributed by atoms with Crippen molar-refractivity contribution in [3.05, 3.63) is 64.2 Å². The number of hydrogen-bond donors (Lipinski definition) is 2. The molecule has 0 bridgehead atoms. The summed E-state index contributed by atoms with van der Waals surface area (Å²) in [5.41, 5.74) is -3.25. The van der Waals surface area contributed by atoms with Crippen LogP contribution in [0.2, 0.25) is 0 Å². The van der Waals surface area contributed by atoms with E-state index in [1.165, 1.54) is 6.07 Å². The zero-order chi connectivity index (χ0) is 29.2. The van der Waals surface area contributed by atoms with Gasteiger partial charge in [0.25, 0.3) is 6.47 Å². The molecule has 0 unspecified atom stereocenters. The van der Waals surface area contributed by atoms with Crippen LogP contribution in [0.5, 0.6) is 0 Å². The molecular weight excluding hydrogens is 543 g/mol. The molecule has 39 heavy (non-hydrogen) atoms. The molecule has 0 amide bonds. The maximum Gasteiger partial charge on any atom is 0.416 e. The molecule has 2 aliphatic rings. The molecule has 13 heteroatoms. The largest absolute Gasteiger partial charge is 0.465 e. The Kier molecular flexibility index (Phi) is 9.13. The van der Waals surface area contributed by atoms with Gasteiger partial charge in [-0.2, -0.15) is 39.5 Å². The van der Waals surface area contributed by atoms with E-state index in [2.05, 4.69) is 15.4 Å². The molecule has 1 heterocycles. The number of anilines is 1. The third kappa shape index (κ3) is 8.51. The zero-order valence-electron chi connectivity index (χ0n) is 20.9. The van der Waals surface area contributed by atoms with E-state index in [0.717, 1.165) is 25.0 Å². The van der Waals surface area contributed by atoms with Crippen LogP contribution in [0.4, 0.5) is 45.2 Å². The lowest BCUT2D eigenvalue weighted by Gasteiger charge is -2.34. The third-order valence-corrected chi connectivity index (χ3v) is 6.30. The van der Waals surface area contributed by atoms with Crippen molar-refractivity contribution in [2.75, 3.05) is 5.32 Å². The summed E-state index contributed by atoms with van der Waals surface area (Å²) >= 11 is 0. The van der Waals surface area contributed by atoms with E-state index in [0.29, 0.717) is 36.6 Å². The quantitative estimate of drug-likeness (QED) is 0.276. The number of halogens is 9. The standard InChI is InChI=1S/C22H19F9N2.C4H8O2/c23-20(24,25)13-3-4-17-16(8-13)19(9-18(33-17)12-1-2-12)32-10-11-5-14(21(26,27)28)7-15(6-11)22(29,30)31;1-4(2)6-3-5/h3-8,12,18-19,32-33H,1-2,9-10H2;3-4H,1-2H3/t18-,19-;/m0./s1. The van der Waals surface area contributed by atoms with E-state index in [1.54, 1.807) is 13.8 Å². The van der Waals surface area contributed by atoms with Crippen molar-refractivity contribution in [3.8, 4) is 0 Å². The average Bonchev–Trinajstić information content (AvgIpc) is 3.66. The summed E-state index contributed by atoms with van der Waals surface area (Å²) < 4.78 is 123. The molecule has 4 nitrogen and oxygen atoms in total. The maximum absolute atomic E-state index is 13.2. The van der Waals surface area contributed by atoms with Gasteiger partial charge in [0.05, 0.1) is 22.8 Å². The molecule has 1 fully saturated rings. The topological polar surface area (TPSA) is 50.4 Å². The molecule has 2 aromatic carbocycles. The zero-order valence-corrected chi connectivity index (χ0v) is 20.9. The van der Waals surface area contributed by atoms with Gasteiger partial charge >= 0.3 is 18.5 Å². The molecular formula is C26H27F9N2O2. The predicted molar refractivity (Wildman–Crippen MR) is 125 cm³/mol. The number of alkyl halides is 9. The van der Waals surface area contributed by atoms with Crippen LogP contribution < -0.4 is 10.6 Å². The Hall–Kier alpha value is -2.96. The minimum atomic E-state index is -4.98. The van der Waals surface area contributed by atoms with Gasteiger partial charge in [-0.05, 0) is 86.6 Å². The van der Waals surface area contributed by atoms with Crippen LogP contribution in [-0.4, -0.2) is 18.6 Å². The average molecular weight is 570 g/mol. The van der Waals surface area contributed by atoms with Crippen molar-refractivity contribution in [2.24, 2.45) is 5.92 Å². The Bertz CT molecular complexity index is 1110. The first-order chi connectivity index (χ1) is 18.0. The van der Waals surface area contributed by atoms with E-state index >= 15 is 0 Å². The molecule has 1 aliphatic heterocycles. The number of carbonyl (C=O) groups is 1. The Balaban J connectivity index is 0.000000631. The van der Waals surface area contributed by atoms with E-state index in [1.807, 2.05) is 0 Å². The molecule has 1 aliphatic carbocycles. The van der Waals surface area contributed by atoms with Crippen LogP contribution in [0.1, 0.15) is 67.0 Å². The molecule has 4 rings (SSSR count). The van der Waals surface area contributed by atoms with E-state index in [4.69, 9.17) is 0 Å². The second kappa shape index (κ2) is 11.6. The maximum atomic E-state index is 13.2. The first kappa shape index (κ1) is 30.6. The summed E-state index contributed by atoms with van der Waals surface area (Å²) in [6.07, 6.45) is -12.3. The lowest BCUT2D eigenvalue weighted by atomic mass is 9.89. The number of hydrogen-bond acceptors (Lipinski definition) is 4. The van der Waals surface area contributed by atoms with Gasteiger partial charge in [0.15, 0.2) is 0 Å². The van der Waals surface area contributed by atoms with Gasteiger partial charge in [0, 0.05) is 24.3 Å². The summed E-state index contributed by atoms with van der Waals surface area (Å²) in [6.45, 7) is 3.68. The Labute approximate surface area is 218 Å². The lowest BCUT2D eigenvalue weighted by Crippen LogP contribution is -2.36. The van der Waals surface area contributed by atoms with E-state index < -0.39 is 41.3 Å². The van der Waals surface area contributed by atoms with Crippen LogP contribution in [0.3, 0.4) is 0 Å². The van der Waals surface area contributed by atoms with Crippen LogP contribution in [-0.2, 0) is 34.6 Å². The van der Waals surface area contributed by atoms with Gasteiger partial charge in [0.1, 0.15) is 0 Å². The van der Waals surface area contributed by atoms with Crippen LogP contribution in [0.25, 0.3) is 0 Å². The molecule has 2 N–H and O–H groups in total. The lowest BCUT2D eigenvalue weighted by molar-refractivity contribution is -0.143. The fraction of sp³-hybridized carbons (Fsp3) is 0.500. The molecule has 0 radical (unpaired) electrons. The van der Waals surface area contributed by atoms with Crippen molar-refractivity contribution in [1.29, 1.82) is 0 Å². The van der Waals surface area contributed by atoms with Gasteiger partial charge in [-0.15, -0.1) is 0 Å². The minimum absolute atomic E-state index is 0.0301. The second-order valence-corrected chi connectivity index (χ2v) is 9.75. The summed E-state index contributed by atoms with van der Waals surface area (Å²) in [7, 11) is 0. The Morgan fingerprint density at radius 1 is 0.897 bits per heavy atom. The first-order valence-corrected chi connectivity index (χ1v) is 12.1. The van der Waals surface area contributed by atoms with Gasteiger partial charge in [-0.1, -0.05) is 0 Å². The van der Waals surface area contributed by atoms with Gasteiger partial charge in [-0.3, -0.25) is 4.79 Å². The summed E-state index contributed by atoms with van der Waals surface area (Å²) in [5.74, 6) is 0.329. The molecule has 0 saturated heterocycles. The molecule has 2 atom stereocenters. The number of ether oxygens (including phenoxy) is 1. The Morgan fingerprint density at radius 2 is 1.46 bits per heavy atom. The summed E-state index contributed by atoms with van der Waals surface area (Å²) in [4.78, 5) is 9.39. The van der Waals surface area contributed by atoms with Crippen molar-refractivity contribution < 1.29 is 49.0 Å². The van der Waals surface area contributed by atoms with Crippen molar-refractivity contribution in [1.82, 2.24) is 5.32 Å². The number of benzene rings is 2. The summed E-state index contributed by atoms with van der Waals surface area (Å²) in [5, 5.41) is 6.12. The van der Waals surface area contributed by atoms with E-state index in [9.17, 15) is 44.3 Å². The number of rotatable bonds is 6. The highest BCUT2D eigenvalue weighted by atomic mass is 19.4.